The van der Waals surface area contributed by atoms with Gasteiger partial charge in [0.1, 0.15) is 0 Å². The van der Waals surface area contributed by atoms with Gasteiger partial charge in [-0.25, -0.2) is 8.42 Å². The third-order valence-electron chi connectivity index (χ3n) is 3.00. The topological polar surface area (TPSA) is 46.6 Å². The van der Waals surface area contributed by atoms with Gasteiger partial charge in [-0.1, -0.05) is 0 Å². The van der Waals surface area contributed by atoms with E-state index >= 15 is 0 Å². The van der Waals surface area contributed by atoms with E-state index < -0.39 is 15.6 Å². The van der Waals surface area contributed by atoms with Gasteiger partial charge in [-0.05, 0) is 49.7 Å². The molecule has 4 nitrogen and oxygen atoms in total. The molecule has 1 aromatic heterocycles. The maximum Gasteiger partial charge on any atom is 0.244 e. The van der Waals surface area contributed by atoms with Gasteiger partial charge < -0.3 is 4.74 Å². The van der Waals surface area contributed by atoms with E-state index in [1.54, 1.807) is 6.07 Å². The highest BCUT2D eigenvalue weighted by Crippen LogP contribution is 2.33. The van der Waals surface area contributed by atoms with Gasteiger partial charge in [0, 0.05) is 18.0 Å². The number of sulfonamides is 1. The Morgan fingerprint density at radius 1 is 1.53 bits per heavy atom. The van der Waals surface area contributed by atoms with E-state index in [2.05, 4.69) is 15.9 Å². The number of ether oxygens (including phenoxy) is 1. The molecule has 1 aliphatic heterocycles. The van der Waals surface area contributed by atoms with Crippen LogP contribution in [0.25, 0.3) is 0 Å². The zero-order valence-corrected chi connectivity index (χ0v) is 14.7. The maximum absolute atomic E-state index is 12.7. The van der Waals surface area contributed by atoms with E-state index in [1.807, 2.05) is 27.7 Å². The Bertz CT molecular complexity index is 580. The third-order valence-corrected chi connectivity index (χ3v) is 6.62. The Labute approximate surface area is 126 Å². The lowest BCUT2D eigenvalue weighted by Gasteiger charge is -2.40. The first-order valence-corrected chi connectivity index (χ1v) is 9.11. The maximum atomic E-state index is 12.7. The summed E-state index contributed by atoms with van der Waals surface area (Å²) in [6.07, 6.45) is -0.0964. The van der Waals surface area contributed by atoms with Crippen LogP contribution in [0.3, 0.4) is 0 Å². The minimum atomic E-state index is -3.44. The molecule has 1 aromatic rings. The van der Waals surface area contributed by atoms with E-state index in [0.29, 0.717) is 18.0 Å². The van der Waals surface area contributed by atoms with Crippen LogP contribution in [0.5, 0.6) is 0 Å². The van der Waals surface area contributed by atoms with Gasteiger partial charge in [0.15, 0.2) is 0 Å². The van der Waals surface area contributed by atoms with Crippen molar-refractivity contribution in [2.75, 3.05) is 13.1 Å². The third kappa shape index (κ3) is 3.21. The van der Waals surface area contributed by atoms with E-state index in [9.17, 15) is 8.42 Å². The van der Waals surface area contributed by atoms with Crippen molar-refractivity contribution in [1.29, 1.82) is 0 Å². The molecule has 1 aliphatic rings. The van der Waals surface area contributed by atoms with Crippen molar-refractivity contribution in [3.05, 3.63) is 14.7 Å². The number of hydrogen-bond donors (Lipinski definition) is 0. The van der Waals surface area contributed by atoms with Crippen molar-refractivity contribution in [2.45, 2.75) is 44.3 Å². The van der Waals surface area contributed by atoms with Gasteiger partial charge in [-0.2, -0.15) is 4.31 Å². The van der Waals surface area contributed by atoms with Gasteiger partial charge in [-0.15, -0.1) is 11.3 Å². The smallest absolute Gasteiger partial charge is 0.244 e. The molecule has 0 aliphatic carbocycles. The van der Waals surface area contributed by atoms with E-state index in [4.69, 9.17) is 4.74 Å². The second kappa shape index (κ2) is 5.11. The first-order valence-electron chi connectivity index (χ1n) is 6.06. The summed E-state index contributed by atoms with van der Waals surface area (Å²) in [6.45, 7) is 8.35. The Morgan fingerprint density at radius 2 is 2.16 bits per heavy atom. The molecule has 0 N–H and O–H groups in total. The fourth-order valence-electron chi connectivity index (χ4n) is 2.40. The highest BCUT2D eigenvalue weighted by molar-refractivity contribution is 9.11. The van der Waals surface area contributed by atoms with Gasteiger partial charge >= 0.3 is 0 Å². The number of thiophene rings is 1. The summed E-state index contributed by atoms with van der Waals surface area (Å²) in [4.78, 5) is 1.21. The van der Waals surface area contributed by atoms with E-state index in [0.717, 1.165) is 8.66 Å². The average molecular weight is 368 g/mol. The van der Waals surface area contributed by atoms with Crippen LogP contribution in [0.4, 0.5) is 0 Å². The monoisotopic (exact) mass is 367 g/mol. The first kappa shape index (κ1) is 15.4. The number of halogens is 1. The van der Waals surface area contributed by atoms with Crippen molar-refractivity contribution < 1.29 is 13.2 Å². The summed E-state index contributed by atoms with van der Waals surface area (Å²) in [6, 6.07) is 1.68. The molecule has 0 amide bonds. The molecule has 0 bridgehead atoms. The SMILES string of the molecule is Cc1sc(Br)cc1S(=O)(=O)N1CC(C)OC(C)(C)C1. The molecule has 2 rings (SSSR count). The summed E-state index contributed by atoms with van der Waals surface area (Å²) in [5, 5.41) is 0. The van der Waals surface area contributed by atoms with Crippen LogP contribution in [0.15, 0.2) is 14.7 Å². The second-order valence-electron chi connectivity index (χ2n) is 5.46. The number of morpholine rings is 1. The normalized spacial score (nSPS) is 24.6. The van der Waals surface area contributed by atoms with Crippen LogP contribution in [0, 0.1) is 6.92 Å². The zero-order chi connectivity index (χ0) is 14.4. The predicted octanol–water partition coefficient (Wildman–Crippen LogP) is 3.01. The Morgan fingerprint density at radius 3 is 2.63 bits per heavy atom. The number of rotatable bonds is 2. The van der Waals surface area contributed by atoms with Crippen molar-refractivity contribution >= 4 is 37.3 Å². The molecule has 0 radical (unpaired) electrons. The molecule has 2 heterocycles. The van der Waals surface area contributed by atoms with Crippen molar-refractivity contribution in [2.24, 2.45) is 0 Å². The van der Waals surface area contributed by atoms with Gasteiger partial charge in [-0.3, -0.25) is 0 Å². The van der Waals surface area contributed by atoms with Crippen LogP contribution >= 0.6 is 27.3 Å². The quantitative estimate of drug-likeness (QED) is 0.806. The van der Waals surface area contributed by atoms with Crippen molar-refractivity contribution in [1.82, 2.24) is 4.31 Å². The van der Waals surface area contributed by atoms with Gasteiger partial charge in [0.25, 0.3) is 0 Å². The highest BCUT2D eigenvalue weighted by atomic mass is 79.9. The lowest BCUT2D eigenvalue weighted by Crippen LogP contribution is -2.53. The lowest BCUT2D eigenvalue weighted by molar-refractivity contribution is -0.109. The Balaban J connectivity index is 2.37. The molecule has 1 atom stereocenters. The lowest BCUT2D eigenvalue weighted by atomic mass is 10.1. The highest BCUT2D eigenvalue weighted by Gasteiger charge is 2.38. The summed E-state index contributed by atoms with van der Waals surface area (Å²) >= 11 is 4.78. The summed E-state index contributed by atoms with van der Waals surface area (Å²) in [5.74, 6) is 0. The van der Waals surface area contributed by atoms with Crippen LogP contribution in [-0.2, 0) is 14.8 Å². The standard InChI is InChI=1S/C12H18BrNO3S2/c1-8-6-14(7-12(3,4)17-8)19(15,16)10-5-11(13)18-9(10)2/h5,8H,6-7H2,1-4H3. The van der Waals surface area contributed by atoms with Crippen LogP contribution in [0.2, 0.25) is 0 Å². The largest absolute Gasteiger partial charge is 0.370 e. The summed E-state index contributed by atoms with van der Waals surface area (Å²) in [5.41, 5.74) is -0.452. The number of hydrogen-bond acceptors (Lipinski definition) is 4. The van der Waals surface area contributed by atoms with E-state index in [-0.39, 0.29) is 6.10 Å². The summed E-state index contributed by atoms with van der Waals surface area (Å²) in [7, 11) is -3.44. The molecule has 0 spiro atoms. The Kier molecular flexibility index (Phi) is 4.15. The van der Waals surface area contributed by atoms with Gasteiger partial charge in [0.05, 0.1) is 20.4 Å². The van der Waals surface area contributed by atoms with Crippen LogP contribution < -0.4 is 0 Å². The Hall–Kier alpha value is 0.0500. The average Bonchev–Trinajstić information content (AvgIpc) is 2.55. The first-order chi connectivity index (χ1) is 8.62. The fourth-order valence-corrected chi connectivity index (χ4v) is 6.45. The van der Waals surface area contributed by atoms with Crippen molar-refractivity contribution in [3.63, 3.8) is 0 Å². The molecule has 0 aromatic carbocycles. The molecule has 7 heteroatoms. The molecule has 0 saturated carbocycles. The zero-order valence-electron chi connectivity index (χ0n) is 11.4. The minimum Gasteiger partial charge on any atom is -0.370 e. The second-order valence-corrected chi connectivity index (χ2v) is 10.00. The molecular formula is C12H18BrNO3S2. The molecule has 1 unspecified atom stereocenters. The molecule has 1 fully saturated rings. The van der Waals surface area contributed by atoms with Crippen molar-refractivity contribution in [3.8, 4) is 0 Å². The van der Waals surface area contributed by atoms with Crippen LogP contribution in [-0.4, -0.2) is 37.5 Å². The number of aryl methyl sites for hydroxylation is 1. The molecule has 19 heavy (non-hydrogen) atoms. The van der Waals surface area contributed by atoms with E-state index in [1.165, 1.54) is 15.6 Å². The predicted molar refractivity (Wildman–Crippen MR) is 80.1 cm³/mol. The summed E-state index contributed by atoms with van der Waals surface area (Å²) < 4.78 is 33.5. The van der Waals surface area contributed by atoms with Gasteiger partial charge in [0.2, 0.25) is 10.0 Å². The number of nitrogens with zero attached hydrogens (tertiary/aromatic N) is 1. The molecular weight excluding hydrogens is 350 g/mol. The fraction of sp³-hybridized carbons (Fsp3) is 0.667. The molecule has 108 valence electrons. The molecule has 1 saturated heterocycles. The minimum absolute atomic E-state index is 0.0964. The van der Waals surface area contributed by atoms with Crippen LogP contribution in [0.1, 0.15) is 25.6 Å².